The van der Waals surface area contributed by atoms with Crippen molar-refractivity contribution >= 4 is 5.97 Å². The number of carbonyl (C=O) groups excluding carboxylic acids is 1. The van der Waals surface area contributed by atoms with E-state index in [1.54, 1.807) is 0 Å². The zero-order valence-corrected chi connectivity index (χ0v) is 9.88. The molecule has 0 N–H and O–H groups in total. The smallest absolute Gasteiger partial charge is 0.306 e. The van der Waals surface area contributed by atoms with Crippen molar-refractivity contribution in [2.24, 2.45) is 23.2 Å². The lowest BCUT2D eigenvalue weighted by atomic mass is 9.77. The molecule has 0 bridgehead atoms. The maximum absolute atomic E-state index is 11.5. The molecule has 0 radical (unpaired) electrons. The van der Waals surface area contributed by atoms with Gasteiger partial charge in [-0.15, -0.1) is 0 Å². The highest BCUT2D eigenvalue weighted by atomic mass is 16.6. The van der Waals surface area contributed by atoms with Crippen LogP contribution in [-0.2, 0) is 9.53 Å². The third-order valence-electron chi connectivity index (χ3n) is 5.33. The summed E-state index contributed by atoms with van der Waals surface area (Å²) in [5.74, 6) is 2.16. The number of esters is 1. The van der Waals surface area contributed by atoms with E-state index in [9.17, 15) is 4.79 Å². The van der Waals surface area contributed by atoms with Gasteiger partial charge in [0.1, 0.15) is 5.60 Å². The Morgan fingerprint density at radius 2 is 2.20 bits per heavy atom. The van der Waals surface area contributed by atoms with E-state index in [1.807, 2.05) is 6.92 Å². The summed E-state index contributed by atoms with van der Waals surface area (Å²) >= 11 is 0. The summed E-state index contributed by atoms with van der Waals surface area (Å²) in [6.45, 7) is 6.30. The van der Waals surface area contributed by atoms with Gasteiger partial charge in [-0.25, -0.2) is 0 Å². The van der Waals surface area contributed by atoms with Crippen molar-refractivity contribution in [2.45, 2.75) is 52.1 Å². The van der Waals surface area contributed by atoms with Crippen molar-refractivity contribution in [3.8, 4) is 0 Å². The molecule has 0 amide bonds. The molecule has 0 aromatic carbocycles. The third-order valence-corrected chi connectivity index (χ3v) is 5.33. The average Bonchev–Trinajstić information content (AvgIpc) is 3.05. The molecule has 2 nitrogen and oxygen atoms in total. The average molecular weight is 208 g/mol. The number of ether oxygens (including phenoxy) is 1. The Morgan fingerprint density at radius 1 is 1.47 bits per heavy atom. The van der Waals surface area contributed by atoms with Gasteiger partial charge in [-0.3, -0.25) is 4.79 Å². The van der Waals surface area contributed by atoms with Crippen LogP contribution >= 0.6 is 0 Å². The van der Waals surface area contributed by atoms with E-state index in [4.69, 9.17) is 4.74 Å². The Morgan fingerprint density at radius 3 is 2.87 bits per heavy atom. The van der Waals surface area contributed by atoms with E-state index in [-0.39, 0.29) is 11.6 Å². The van der Waals surface area contributed by atoms with E-state index >= 15 is 0 Å². The molecule has 3 aliphatic carbocycles. The third kappa shape index (κ3) is 1.08. The minimum atomic E-state index is -0.153. The normalized spacial score (nSPS) is 55.3. The fourth-order valence-corrected chi connectivity index (χ4v) is 3.98. The molecule has 0 aromatic heterocycles. The Hall–Kier alpha value is -0.530. The van der Waals surface area contributed by atoms with E-state index in [2.05, 4.69) is 13.8 Å². The predicted molar refractivity (Wildman–Crippen MR) is 57.2 cm³/mol. The van der Waals surface area contributed by atoms with Crippen LogP contribution in [0.25, 0.3) is 0 Å². The molecule has 0 aromatic rings. The molecule has 3 saturated carbocycles. The number of hydrogen-bond donors (Lipinski definition) is 0. The highest BCUT2D eigenvalue weighted by Gasteiger charge is 2.79. The van der Waals surface area contributed by atoms with Gasteiger partial charge in [-0.2, -0.15) is 0 Å². The molecular weight excluding hydrogens is 188 g/mol. The van der Waals surface area contributed by atoms with Crippen LogP contribution in [0.5, 0.6) is 0 Å². The molecule has 3 rings (SSSR count). The molecule has 2 heteroatoms. The summed E-state index contributed by atoms with van der Waals surface area (Å²) in [5.41, 5.74) is 0.482. The second-order valence-corrected chi connectivity index (χ2v) is 6.04. The SMILES string of the molecule is CCC(=O)OC1(C)C(C)CC2CC23CC31. The van der Waals surface area contributed by atoms with Crippen molar-refractivity contribution < 1.29 is 9.53 Å². The van der Waals surface area contributed by atoms with Crippen molar-refractivity contribution in [3.05, 3.63) is 0 Å². The molecule has 3 aliphatic rings. The van der Waals surface area contributed by atoms with Gasteiger partial charge in [0.05, 0.1) is 0 Å². The molecule has 0 saturated heterocycles. The molecular formula is C13H20O2. The first-order chi connectivity index (χ1) is 7.03. The van der Waals surface area contributed by atoms with Crippen LogP contribution in [0.3, 0.4) is 0 Å². The zero-order valence-electron chi connectivity index (χ0n) is 9.88. The maximum Gasteiger partial charge on any atom is 0.306 e. The highest BCUT2D eigenvalue weighted by molar-refractivity contribution is 5.69. The van der Waals surface area contributed by atoms with E-state index < -0.39 is 0 Å². The van der Waals surface area contributed by atoms with Gasteiger partial charge in [0.2, 0.25) is 0 Å². The summed E-state index contributed by atoms with van der Waals surface area (Å²) in [7, 11) is 0. The number of carbonyl (C=O) groups is 1. The molecule has 3 fully saturated rings. The van der Waals surface area contributed by atoms with Crippen LogP contribution in [0.1, 0.15) is 46.5 Å². The Bertz CT molecular complexity index is 324. The first-order valence-corrected chi connectivity index (χ1v) is 6.25. The molecule has 15 heavy (non-hydrogen) atoms. The van der Waals surface area contributed by atoms with Crippen molar-refractivity contribution in [2.75, 3.05) is 0 Å². The maximum atomic E-state index is 11.5. The largest absolute Gasteiger partial charge is 0.459 e. The van der Waals surface area contributed by atoms with Crippen LogP contribution in [-0.4, -0.2) is 11.6 Å². The quantitative estimate of drug-likeness (QED) is 0.652. The fourth-order valence-electron chi connectivity index (χ4n) is 3.98. The van der Waals surface area contributed by atoms with Crippen LogP contribution in [0.15, 0.2) is 0 Å². The predicted octanol–water partition coefficient (Wildman–Crippen LogP) is 2.76. The van der Waals surface area contributed by atoms with E-state index in [1.165, 1.54) is 19.3 Å². The van der Waals surface area contributed by atoms with Crippen LogP contribution in [0.4, 0.5) is 0 Å². The molecule has 5 unspecified atom stereocenters. The molecule has 84 valence electrons. The molecule has 0 heterocycles. The van der Waals surface area contributed by atoms with Gasteiger partial charge in [0.15, 0.2) is 0 Å². The van der Waals surface area contributed by atoms with Gasteiger partial charge in [0.25, 0.3) is 0 Å². The van der Waals surface area contributed by atoms with Crippen LogP contribution in [0, 0.1) is 23.2 Å². The van der Waals surface area contributed by atoms with Gasteiger partial charge in [-0.05, 0) is 43.4 Å². The minimum Gasteiger partial charge on any atom is -0.459 e. The van der Waals surface area contributed by atoms with E-state index in [0.29, 0.717) is 23.7 Å². The van der Waals surface area contributed by atoms with Crippen molar-refractivity contribution in [1.29, 1.82) is 0 Å². The lowest BCUT2D eigenvalue weighted by Gasteiger charge is -2.38. The summed E-state index contributed by atoms with van der Waals surface area (Å²) in [4.78, 5) is 11.5. The molecule has 1 spiro atoms. The van der Waals surface area contributed by atoms with E-state index in [0.717, 1.165) is 5.92 Å². The van der Waals surface area contributed by atoms with Gasteiger partial charge in [-0.1, -0.05) is 13.8 Å². The Labute approximate surface area is 91.4 Å². The second kappa shape index (κ2) is 2.58. The first kappa shape index (κ1) is 9.68. The lowest BCUT2D eigenvalue weighted by molar-refractivity contribution is -0.169. The highest BCUT2D eigenvalue weighted by Crippen LogP contribution is 2.82. The number of hydrogen-bond acceptors (Lipinski definition) is 2. The first-order valence-electron chi connectivity index (χ1n) is 6.25. The number of rotatable bonds is 2. The Balaban J connectivity index is 1.80. The fraction of sp³-hybridized carbons (Fsp3) is 0.923. The van der Waals surface area contributed by atoms with Crippen LogP contribution < -0.4 is 0 Å². The minimum absolute atomic E-state index is 0.0227. The van der Waals surface area contributed by atoms with Gasteiger partial charge in [0, 0.05) is 12.3 Å². The summed E-state index contributed by atoms with van der Waals surface area (Å²) < 4.78 is 5.75. The lowest BCUT2D eigenvalue weighted by Crippen LogP contribution is -2.43. The second-order valence-electron chi connectivity index (χ2n) is 6.04. The monoisotopic (exact) mass is 208 g/mol. The van der Waals surface area contributed by atoms with Crippen molar-refractivity contribution in [1.82, 2.24) is 0 Å². The van der Waals surface area contributed by atoms with Gasteiger partial charge < -0.3 is 4.74 Å². The standard InChI is InChI=1S/C13H20O2/c1-4-11(14)15-12(3)8(2)5-9-6-13(9)7-10(12)13/h8-10H,4-7H2,1-3H3. The summed E-state index contributed by atoms with van der Waals surface area (Å²) in [6.07, 6.45) is 4.49. The van der Waals surface area contributed by atoms with Gasteiger partial charge >= 0.3 is 5.97 Å². The molecule has 0 aliphatic heterocycles. The molecule has 5 atom stereocenters. The Kier molecular flexibility index (Phi) is 1.67. The summed E-state index contributed by atoms with van der Waals surface area (Å²) in [5, 5.41) is 0. The topological polar surface area (TPSA) is 26.3 Å². The summed E-state index contributed by atoms with van der Waals surface area (Å²) in [6, 6.07) is 0. The zero-order chi connectivity index (χ0) is 10.8. The van der Waals surface area contributed by atoms with Crippen LogP contribution in [0.2, 0.25) is 0 Å². The van der Waals surface area contributed by atoms with Crippen molar-refractivity contribution in [3.63, 3.8) is 0 Å².